The zero-order valence-corrected chi connectivity index (χ0v) is 18.3. The minimum absolute atomic E-state index is 0.0184. The van der Waals surface area contributed by atoms with Gasteiger partial charge < -0.3 is 9.88 Å². The molecule has 0 fully saturated rings. The number of H-pyrrole nitrogens is 1. The van der Waals surface area contributed by atoms with Crippen LogP contribution >= 0.6 is 11.6 Å². The van der Waals surface area contributed by atoms with E-state index in [1.165, 1.54) is 13.1 Å². The Morgan fingerprint density at radius 2 is 2.13 bits per heavy atom. The molecule has 1 aromatic carbocycles. The zero-order valence-electron chi connectivity index (χ0n) is 17.6. The van der Waals surface area contributed by atoms with Gasteiger partial charge in [0.05, 0.1) is 29.0 Å². The zero-order chi connectivity index (χ0) is 22.5. The van der Waals surface area contributed by atoms with Gasteiger partial charge in [0, 0.05) is 30.8 Å². The molecular formula is C22H23ClN6O2. The van der Waals surface area contributed by atoms with Gasteiger partial charge in [0.15, 0.2) is 0 Å². The summed E-state index contributed by atoms with van der Waals surface area (Å²) >= 11 is 6.13. The molecule has 8 nitrogen and oxygen atoms in total. The van der Waals surface area contributed by atoms with Gasteiger partial charge in [-0.05, 0) is 39.0 Å². The van der Waals surface area contributed by atoms with Crippen molar-refractivity contribution in [2.75, 3.05) is 6.54 Å². The van der Waals surface area contributed by atoms with E-state index in [1.807, 2.05) is 25.3 Å². The highest BCUT2D eigenvalue weighted by Crippen LogP contribution is 2.24. The lowest BCUT2D eigenvalue weighted by Crippen LogP contribution is -2.42. The van der Waals surface area contributed by atoms with Crippen molar-refractivity contribution >= 4 is 23.3 Å². The molecule has 0 aliphatic heterocycles. The monoisotopic (exact) mass is 438 g/mol. The highest BCUT2D eigenvalue weighted by Gasteiger charge is 2.24. The molecule has 1 amide bonds. The summed E-state index contributed by atoms with van der Waals surface area (Å²) in [6.45, 7) is 5.96. The number of rotatable bonds is 8. The molecule has 1 N–H and O–H groups in total. The van der Waals surface area contributed by atoms with Gasteiger partial charge >= 0.3 is 0 Å². The Balaban J connectivity index is 1.77. The second-order valence-corrected chi connectivity index (χ2v) is 7.82. The van der Waals surface area contributed by atoms with Crippen molar-refractivity contribution in [3.05, 3.63) is 58.8 Å². The third-order valence-electron chi connectivity index (χ3n) is 4.91. The molecule has 9 heteroatoms. The SMILES string of the molecule is CC(=O)CCN(C(=O)c1cnc(C)[nH]1)C(C)Cn1ccc(-c2ccc(C#N)c(Cl)c2)n1. The van der Waals surface area contributed by atoms with Crippen molar-refractivity contribution in [3.8, 4) is 17.3 Å². The minimum Gasteiger partial charge on any atom is -0.338 e. The first-order valence-corrected chi connectivity index (χ1v) is 10.2. The van der Waals surface area contributed by atoms with Crippen LogP contribution in [0.25, 0.3) is 11.3 Å². The van der Waals surface area contributed by atoms with E-state index in [-0.39, 0.29) is 24.2 Å². The number of benzene rings is 1. The van der Waals surface area contributed by atoms with Crippen molar-refractivity contribution < 1.29 is 9.59 Å². The number of imidazole rings is 1. The largest absolute Gasteiger partial charge is 0.338 e. The second kappa shape index (κ2) is 9.58. The molecular weight excluding hydrogens is 416 g/mol. The fourth-order valence-corrected chi connectivity index (χ4v) is 3.46. The van der Waals surface area contributed by atoms with Crippen LogP contribution in [-0.2, 0) is 11.3 Å². The van der Waals surface area contributed by atoms with Crippen molar-refractivity contribution in [1.82, 2.24) is 24.6 Å². The molecule has 1 unspecified atom stereocenters. The smallest absolute Gasteiger partial charge is 0.272 e. The Kier molecular flexibility index (Phi) is 6.88. The van der Waals surface area contributed by atoms with Crippen LogP contribution in [0.4, 0.5) is 0 Å². The van der Waals surface area contributed by atoms with Gasteiger partial charge in [0.1, 0.15) is 23.4 Å². The van der Waals surface area contributed by atoms with E-state index in [9.17, 15) is 9.59 Å². The fraction of sp³-hybridized carbons (Fsp3) is 0.318. The third kappa shape index (κ3) is 5.38. The Bertz CT molecular complexity index is 1140. The lowest BCUT2D eigenvalue weighted by Gasteiger charge is -2.28. The molecule has 1 atom stereocenters. The number of aryl methyl sites for hydroxylation is 1. The van der Waals surface area contributed by atoms with Gasteiger partial charge in [-0.25, -0.2) is 4.98 Å². The average Bonchev–Trinajstić information content (AvgIpc) is 3.36. The number of carbonyl (C=O) groups is 2. The van der Waals surface area contributed by atoms with Crippen molar-refractivity contribution in [2.24, 2.45) is 0 Å². The topological polar surface area (TPSA) is 108 Å². The Morgan fingerprint density at radius 3 is 2.74 bits per heavy atom. The first kappa shape index (κ1) is 22.2. The molecule has 3 rings (SSSR count). The number of Topliss-reactive ketones (excluding diaryl/α,β-unsaturated/α-hetero) is 1. The van der Waals surface area contributed by atoms with Crippen LogP contribution in [0.1, 0.15) is 42.1 Å². The normalized spacial score (nSPS) is 11.7. The van der Waals surface area contributed by atoms with Crippen LogP contribution in [0, 0.1) is 18.3 Å². The molecule has 0 aliphatic carbocycles. The van der Waals surface area contributed by atoms with Gasteiger partial charge in [-0.15, -0.1) is 0 Å². The van der Waals surface area contributed by atoms with E-state index >= 15 is 0 Å². The van der Waals surface area contributed by atoms with E-state index in [0.29, 0.717) is 40.9 Å². The molecule has 0 aliphatic rings. The molecule has 3 aromatic rings. The van der Waals surface area contributed by atoms with E-state index in [0.717, 1.165) is 5.56 Å². The van der Waals surface area contributed by atoms with Gasteiger partial charge in [-0.2, -0.15) is 10.4 Å². The number of aromatic amines is 1. The summed E-state index contributed by atoms with van der Waals surface area (Å²) in [5.41, 5.74) is 2.31. The van der Waals surface area contributed by atoms with Crippen LogP contribution in [0.2, 0.25) is 5.02 Å². The molecule has 0 saturated heterocycles. The van der Waals surface area contributed by atoms with E-state index in [4.69, 9.17) is 16.9 Å². The minimum atomic E-state index is -0.215. The summed E-state index contributed by atoms with van der Waals surface area (Å²) in [6, 6.07) is 8.84. The molecule has 0 saturated carbocycles. The molecule has 160 valence electrons. The number of aromatic nitrogens is 4. The fourth-order valence-electron chi connectivity index (χ4n) is 3.24. The van der Waals surface area contributed by atoms with Gasteiger partial charge in [-0.1, -0.05) is 17.7 Å². The second-order valence-electron chi connectivity index (χ2n) is 7.41. The van der Waals surface area contributed by atoms with Crippen molar-refractivity contribution in [3.63, 3.8) is 0 Å². The van der Waals surface area contributed by atoms with Crippen LogP contribution in [0.3, 0.4) is 0 Å². The van der Waals surface area contributed by atoms with Gasteiger partial charge in [-0.3, -0.25) is 14.3 Å². The van der Waals surface area contributed by atoms with Crippen molar-refractivity contribution in [2.45, 2.75) is 39.8 Å². The van der Waals surface area contributed by atoms with Crippen molar-refractivity contribution in [1.29, 1.82) is 5.26 Å². The van der Waals surface area contributed by atoms with Crippen LogP contribution < -0.4 is 0 Å². The van der Waals surface area contributed by atoms with Gasteiger partial charge in [0.25, 0.3) is 5.91 Å². The summed E-state index contributed by atoms with van der Waals surface area (Å²) < 4.78 is 1.75. The lowest BCUT2D eigenvalue weighted by molar-refractivity contribution is -0.117. The summed E-state index contributed by atoms with van der Waals surface area (Å²) in [5.74, 6) is 0.464. The maximum atomic E-state index is 13.0. The molecule has 0 bridgehead atoms. The Morgan fingerprint density at radius 1 is 1.35 bits per heavy atom. The maximum Gasteiger partial charge on any atom is 0.272 e. The summed E-state index contributed by atoms with van der Waals surface area (Å²) in [6.07, 6.45) is 3.61. The first-order valence-electron chi connectivity index (χ1n) is 9.84. The number of nitrogens with one attached hydrogen (secondary N) is 1. The quantitative estimate of drug-likeness (QED) is 0.577. The number of amides is 1. The van der Waals surface area contributed by atoms with E-state index in [1.54, 1.807) is 34.7 Å². The highest BCUT2D eigenvalue weighted by atomic mass is 35.5. The maximum absolute atomic E-state index is 13.0. The standard InChI is InChI=1S/C22H23ClN6O2/c1-14(29(9-6-15(2)30)22(31)21-12-25-16(3)26-21)13-28-8-7-20(27-28)17-4-5-18(11-24)19(23)10-17/h4-5,7-8,10,12,14H,6,9,13H2,1-3H3,(H,25,26). The number of hydrogen-bond acceptors (Lipinski definition) is 5. The molecule has 31 heavy (non-hydrogen) atoms. The Hall–Kier alpha value is -3.44. The predicted octanol–water partition coefficient (Wildman–Crippen LogP) is 3.62. The number of ketones is 1. The number of halogens is 1. The van der Waals surface area contributed by atoms with Crippen LogP contribution in [-0.4, -0.2) is 48.9 Å². The summed E-state index contributed by atoms with van der Waals surface area (Å²) in [7, 11) is 0. The summed E-state index contributed by atoms with van der Waals surface area (Å²) in [4.78, 5) is 33.2. The molecule has 2 aromatic heterocycles. The average molecular weight is 439 g/mol. The van der Waals surface area contributed by atoms with E-state index < -0.39 is 0 Å². The molecule has 2 heterocycles. The highest BCUT2D eigenvalue weighted by molar-refractivity contribution is 6.32. The van der Waals surface area contributed by atoms with Gasteiger partial charge in [0.2, 0.25) is 0 Å². The molecule has 0 spiro atoms. The molecule has 0 radical (unpaired) electrons. The number of hydrogen-bond donors (Lipinski definition) is 1. The number of nitriles is 1. The summed E-state index contributed by atoms with van der Waals surface area (Å²) in [5, 5.41) is 14.0. The lowest BCUT2D eigenvalue weighted by atomic mass is 10.1. The number of nitrogens with zero attached hydrogens (tertiary/aromatic N) is 5. The van der Waals surface area contributed by atoms with Crippen LogP contribution in [0.15, 0.2) is 36.7 Å². The third-order valence-corrected chi connectivity index (χ3v) is 5.22. The first-order chi connectivity index (χ1) is 14.8. The van der Waals surface area contributed by atoms with Crippen LogP contribution in [0.5, 0.6) is 0 Å². The van der Waals surface area contributed by atoms with E-state index in [2.05, 4.69) is 15.1 Å². The predicted molar refractivity (Wildman–Crippen MR) is 117 cm³/mol. The number of carbonyl (C=O) groups excluding carboxylic acids is 2. The Labute approximate surface area is 185 Å².